The van der Waals surface area contributed by atoms with E-state index in [1.165, 1.54) is 14.2 Å². The fourth-order valence-corrected chi connectivity index (χ4v) is 7.25. The van der Waals surface area contributed by atoms with Crippen LogP contribution in [0, 0.1) is 0 Å². The van der Waals surface area contributed by atoms with Crippen molar-refractivity contribution in [3.63, 3.8) is 0 Å². The number of amides is 4. The number of rotatable bonds is 14. The van der Waals surface area contributed by atoms with Crippen molar-refractivity contribution in [1.82, 2.24) is 40.4 Å². The van der Waals surface area contributed by atoms with Gasteiger partial charge in [0.15, 0.2) is 0 Å². The molecule has 6 aromatic rings. The van der Waals surface area contributed by atoms with Crippen molar-refractivity contribution in [2.45, 2.75) is 52.4 Å². The Labute approximate surface area is 335 Å². The fourth-order valence-electron chi connectivity index (χ4n) is 7.25. The van der Waals surface area contributed by atoms with E-state index in [-0.39, 0.29) is 31.4 Å². The SMILES string of the molecule is CCCN(Cc1nc2c(ccc3cc4c(cc32)OCc2cc(-c3cnc(CN(CCC)C(=O)C(NC(=O)OC)c5ccccc5)[nH]3)ccc2-4)[nH]1)C(=O)CNC(=O)OC. The molecule has 300 valence electrons. The van der Waals surface area contributed by atoms with Gasteiger partial charge in [-0.15, -0.1) is 0 Å². The second kappa shape index (κ2) is 17.5. The standard InChI is InChI=1S/C43H46N8O7/c1-5-16-50(38(52)22-45-42(54)56-3)24-37-46-33-15-13-27-19-32-30-14-12-28(18-29(30)25-58-35(32)20-31(27)40(33)48-37)34-21-44-36(47-34)23-51(17-6-2)41(53)39(49-43(55)57-4)26-10-8-7-9-11-26/h7-15,18-21,39H,5-6,16-17,22-25H2,1-4H3,(H,44,47)(H,45,54)(H,46,48)(H,49,55). The van der Waals surface area contributed by atoms with Crippen LogP contribution in [0.5, 0.6) is 5.75 Å². The van der Waals surface area contributed by atoms with Gasteiger partial charge in [-0.05, 0) is 64.7 Å². The second-order valence-electron chi connectivity index (χ2n) is 14.0. The third-order valence-corrected chi connectivity index (χ3v) is 10.1. The number of nitrogens with one attached hydrogen (secondary N) is 4. The molecule has 0 fully saturated rings. The van der Waals surface area contributed by atoms with Gasteiger partial charge in [0, 0.05) is 24.0 Å². The molecule has 0 spiro atoms. The number of methoxy groups -OCH3 is 2. The summed E-state index contributed by atoms with van der Waals surface area (Å²) in [5.74, 6) is 1.50. The zero-order valence-corrected chi connectivity index (χ0v) is 32.9. The Morgan fingerprint density at radius 1 is 0.845 bits per heavy atom. The van der Waals surface area contributed by atoms with E-state index in [1.807, 2.05) is 56.3 Å². The Hall–Kier alpha value is -6.90. The molecule has 15 heteroatoms. The highest BCUT2D eigenvalue weighted by atomic mass is 16.5. The normalized spacial score (nSPS) is 12.2. The van der Waals surface area contributed by atoms with Gasteiger partial charge in [0.25, 0.3) is 0 Å². The monoisotopic (exact) mass is 786 g/mol. The molecule has 1 unspecified atom stereocenters. The second-order valence-corrected chi connectivity index (χ2v) is 14.0. The minimum Gasteiger partial charge on any atom is -0.488 e. The number of fused-ring (bicyclic) bond motifs is 6. The van der Waals surface area contributed by atoms with Gasteiger partial charge in [-0.2, -0.15) is 0 Å². The summed E-state index contributed by atoms with van der Waals surface area (Å²) in [7, 11) is 2.52. The van der Waals surface area contributed by atoms with Gasteiger partial charge in [-0.1, -0.05) is 62.4 Å². The molecule has 1 atom stereocenters. The molecule has 15 nitrogen and oxygen atoms in total. The average Bonchev–Trinajstić information content (AvgIpc) is 3.90. The molecule has 1 aliphatic heterocycles. The van der Waals surface area contributed by atoms with E-state index in [0.29, 0.717) is 43.3 Å². The summed E-state index contributed by atoms with van der Waals surface area (Å²) in [5.41, 5.74) is 7.06. The number of imidazole rings is 2. The first-order chi connectivity index (χ1) is 28.2. The van der Waals surface area contributed by atoms with E-state index >= 15 is 0 Å². The van der Waals surface area contributed by atoms with Crippen LogP contribution in [0.15, 0.2) is 79.0 Å². The van der Waals surface area contributed by atoms with Gasteiger partial charge < -0.3 is 44.6 Å². The van der Waals surface area contributed by atoms with Crippen molar-refractivity contribution >= 4 is 45.8 Å². The maximum atomic E-state index is 13.9. The molecule has 0 aliphatic carbocycles. The average molecular weight is 787 g/mol. The minimum atomic E-state index is -0.916. The van der Waals surface area contributed by atoms with Gasteiger partial charge in [-0.3, -0.25) is 9.59 Å². The number of nitrogens with zero attached hydrogens (tertiary/aromatic N) is 4. The number of carbonyl (C=O) groups is 4. The van der Waals surface area contributed by atoms with Crippen molar-refractivity contribution in [3.05, 3.63) is 102 Å². The van der Waals surface area contributed by atoms with E-state index < -0.39 is 18.2 Å². The highest BCUT2D eigenvalue weighted by molar-refractivity contribution is 6.07. The van der Waals surface area contributed by atoms with Crippen molar-refractivity contribution < 1.29 is 33.4 Å². The minimum absolute atomic E-state index is 0.167. The van der Waals surface area contributed by atoms with Crippen molar-refractivity contribution in [2.24, 2.45) is 0 Å². The molecule has 3 heterocycles. The van der Waals surface area contributed by atoms with Crippen LogP contribution in [0.1, 0.15) is 55.5 Å². The molecule has 4 amide bonds. The van der Waals surface area contributed by atoms with Gasteiger partial charge in [0.05, 0.1) is 50.2 Å². The smallest absolute Gasteiger partial charge is 0.407 e. The van der Waals surface area contributed by atoms with Crippen LogP contribution in [0.25, 0.3) is 44.2 Å². The van der Waals surface area contributed by atoms with Gasteiger partial charge in [0.2, 0.25) is 11.8 Å². The summed E-state index contributed by atoms with van der Waals surface area (Å²) >= 11 is 0. The van der Waals surface area contributed by atoms with Crippen LogP contribution < -0.4 is 15.4 Å². The van der Waals surface area contributed by atoms with Crippen molar-refractivity contribution in [1.29, 1.82) is 0 Å². The molecule has 0 saturated heterocycles. The molecular weight excluding hydrogens is 741 g/mol. The van der Waals surface area contributed by atoms with E-state index in [0.717, 1.165) is 61.9 Å². The number of hydrogen-bond donors (Lipinski definition) is 4. The molecular formula is C43H46N8O7. The third-order valence-electron chi connectivity index (χ3n) is 10.1. The van der Waals surface area contributed by atoms with Crippen LogP contribution >= 0.6 is 0 Å². The Balaban J connectivity index is 1.09. The van der Waals surface area contributed by atoms with Gasteiger partial charge in [0.1, 0.15) is 36.6 Å². The summed E-state index contributed by atoms with van der Waals surface area (Å²) in [4.78, 5) is 70.1. The van der Waals surface area contributed by atoms with Crippen LogP contribution in [-0.2, 0) is 38.8 Å². The van der Waals surface area contributed by atoms with Crippen molar-refractivity contribution in [2.75, 3.05) is 33.9 Å². The van der Waals surface area contributed by atoms with E-state index in [4.69, 9.17) is 14.5 Å². The first-order valence-electron chi connectivity index (χ1n) is 19.2. The highest BCUT2D eigenvalue weighted by Crippen LogP contribution is 2.42. The lowest BCUT2D eigenvalue weighted by atomic mass is 9.92. The summed E-state index contributed by atoms with van der Waals surface area (Å²) < 4.78 is 15.8. The Morgan fingerprint density at radius 2 is 1.60 bits per heavy atom. The predicted octanol–water partition coefficient (Wildman–Crippen LogP) is 6.60. The van der Waals surface area contributed by atoms with Crippen LogP contribution in [0.3, 0.4) is 0 Å². The largest absolute Gasteiger partial charge is 0.488 e. The Morgan fingerprint density at radius 3 is 2.36 bits per heavy atom. The molecule has 0 radical (unpaired) electrons. The first kappa shape index (κ1) is 39.3. The number of carbonyl (C=O) groups excluding carboxylic acids is 4. The zero-order valence-electron chi connectivity index (χ0n) is 32.9. The highest BCUT2D eigenvalue weighted by Gasteiger charge is 2.29. The molecule has 7 rings (SSSR count). The summed E-state index contributed by atoms with van der Waals surface area (Å²) in [5, 5.41) is 7.07. The number of ether oxygens (including phenoxy) is 3. The van der Waals surface area contributed by atoms with E-state index in [1.54, 1.807) is 28.1 Å². The lowest BCUT2D eigenvalue weighted by Gasteiger charge is -2.27. The lowest BCUT2D eigenvalue weighted by molar-refractivity contribution is -0.134. The third kappa shape index (κ3) is 8.43. The Kier molecular flexibility index (Phi) is 11.9. The number of aromatic amines is 2. The number of benzene rings is 4. The molecule has 4 aromatic carbocycles. The first-order valence-corrected chi connectivity index (χ1v) is 19.2. The number of H-pyrrole nitrogens is 2. The number of alkyl carbamates (subject to hydrolysis) is 2. The van der Waals surface area contributed by atoms with E-state index in [2.05, 4.69) is 48.5 Å². The van der Waals surface area contributed by atoms with Crippen LogP contribution in [0.2, 0.25) is 0 Å². The maximum absolute atomic E-state index is 13.9. The van der Waals surface area contributed by atoms with Crippen LogP contribution in [-0.4, -0.2) is 87.6 Å². The number of aromatic nitrogens is 4. The van der Waals surface area contributed by atoms with Gasteiger partial charge >= 0.3 is 12.2 Å². The van der Waals surface area contributed by atoms with Gasteiger partial charge in [-0.25, -0.2) is 19.6 Å². The summed E-state index contributed by atoms with van der Waals surface area (Å²) in [6, 6.07) is 22.6. The van der Waals surface area contributed by atoms with Crippen LogP contribution in [0.4, 0.5) is 9.59 Å². The van der Waals surface area contributed by atoms with E-state index in [9.17, 15) is 19.2 Å². The molecule has 0 saturated carbocycles. The Bertz CT molecular complexity index is 2460. The topological polar surface area (TPSA) is 184 Å². The summed E-state index contributed by atoms with van der Waals surface area (Å²) in [6.45, 7) is 5.64. The van der Waals surface area contributed by atoms with Crippen molar-refractivity contribution in [3.8, 4) is 28.1 Å². The fraction of sp³-hybridized carbons (Fsp3) is 0.302. The predicted molar refractivity (Wildman–Crippen MR) is 217 cm³/mol. The zero-order chi connectivity index (χ0) is 40.8. The quantitative estimate of drug-likeness (QED) is 0.0946. The lowest BCUT2D eigenvalue weighted by Crippen LogP contribution is -2.43. The molecule has 4 N–H and O–H groups in total. The number of hydrogen-bond acceptors (Lipinski definition) is 9. The molecule has 1 aliphatic rings. The molecule has 0 bridgehead atoms. The maximum Gasteiger partial charge on any atom is 0.407 e. The summed E-state index contributed by atoms with van der Waals surface area (Å²) in [6.07, 6.45) is 1.88. The molecule has 58 heavy (non-hydrogen) atoms. The molecule has 2 aromatic heterocycles.